The van der Waals surface area contributed by atoms with Crippen LogP contribution < -0.4 is 5.32 Å². The van der Waals surface area contributed by atoms with Crippen molar-refractivity contribution >= 4 is 5.78 Å². The number of carbonyl (C=O) groups is 1. The first-order valence-corrected chi connectivity index (χ1v) is 6.72. The summed E-state index contributed by atoms with van der Waals surface area (Å²) < 4.78 is 0. The second-order valence-electron chi connectivity index (χ2n) is 5.22. The van der Waals surface area contributed by atoms with Gasteiger partial charge in [0.05, 0.1) is 0 Å². The molecular weight excluding hydrogens is 210 g/mol. The molecule has 1 aromatic carbocycles. The van der Waals surface area contributed by atoms with Gasteiger partial charge in [0, 0.05) is 17.5 Å². The Labute approximate surface area is 102 Å². The lowest BCUT2D eigenvalue weighted by atomic mass is 9.77. The number of carbonyl (C=O) groups excluding carboxylic acids is 1. The maximum absolute atomic E-state index is 12.5. The molecule has 17 heavy (non-hydrogen) atoms. The highest BCUT2D eigenvalue weighted by atomic mass is 16.1. The summed E-state index contributed by atoms with van der Waals surface area (Å²) in [5.41, 5.74) is 2.21. The molecule has 1 aromatic rings. The predicted molar refractivity (Wildman–Crippen MR) is 68.2 cm³/mol. The molecule has 1 aliphatic heterocycles. The van der Waals surface area contributed by atoms with Crippen molar-refractivity contribution in [2.24, 2.45) is 5.92 Å². The van der Waals surface area contributed by atoms with Gasteiger partial charge in [-0.2, -0.15) is 0 Å². The summed E-state index contributed by atoms with van der Waals surface area (Å²) in [6, 6.07) is 8.52. The van der Waals surface area contributed by atoms with Crippen molar-refractivity contribution < 1.29 is 4.79 Å². The van der Waals surface area contributed by atoms with E-state index in [1.54, 1.807) is 0 Å². The maximum atomic E-state index is 12.5. The number of ketones is 1. The number of nitrogens with one attached hydrogen (secondary N) is 1. The van der Waals surface area contributed by atoms with Crippen molar-refractivity contribution in [1.29, 1.82) is 0 Å². The number of fused-ring (bicyclic) bond motifs is 1. The van der Waals surface area contributed by atoms with Crippen LogP contribution in [0.25, 0.3) is 0 Å². The van der Waals surface area contributed by atoms with Gasteiger partial charge in [-0.1, -0.05) is 30.7 Å². The van der Waals surface area contributed by atoms with Crippen LogP contribution >= 0.6 is 0 Å². The van der Waals surface area contributed by atoms with Gasteiger partial charge in [-0.05, 0) is 37.8 Å². The Morgan fingerprint density at radius 3 is 2.82 bits per heavy atom. The molecule has 1 saturated heterocycles. The highest BCUT2D eigenvalue weighted by molar-refractivity contribution is 6.00. The molecule has 2 unspecified atom stereocenters. The predicted octanol–water partition coefficient (Wildman–Crippen LogP) is 2.57. The number of benzene rings is 1. The smallest absolute Gasteiger partial charge is 0.167 e. The Kier molecular flexibility index (Phi) is 2.98. The number of piperidine rings is 1. The molecular formula is C15H19NO. The van der Waals surface area contributed by atoms with Crippen molar-refractivity contribution in [2.75, 3.05) is 6.54 Å². The highest BCUT2D eigenvalue weighted by Gasteiger charge is 2.33. The normalized spacial score (nSPS) is 28.8. The topological polar surface area (TPSA) is 29.1 Å². The van der Waals surface area contributed by atoms with E-state index in [2.05, 4.69) is 11.4 Å². The van der Waals surface area contributed by atoms with Gasteiger partial charge in [0.1, 0.15) is 0 Å². The minimum absolute atomic E-state index is 0.213. The van der Waals surface area contributed by atoms with E-state index in [1.807, 2.05) is 18.2 Å². The van der Waals surface area contributed by atoms with E-state index in [4.69, 9.17) is 0 Å². The molecule has 0 bridgehead atoms. The number of hydrogen-bond acceptors (Lipinski definition) is 2. The summed E-state index contributed by atoms with van der Waals surface area (Å²) in [6.07, 6.45) is 5.77. The first kappa shape index (κ1) is 11.0. The average molecular weight is 229 g/mol. The molecule has 2 heteroatoms. The third-order valence-electron chi connectivity index (χ3n) is 4.18. The fourth-order valence-corrected chi connectivity index (χ4v) is 3.23. The van der Waals surface area contributed by atoms with Crippen LogP contribution in [0.5, 0.6) is 0 Å². The molecule has 90 valence electrons. The fraction of sp³-hybridized carbons (Fsp3) is 0.533. The van der Waals surface area contributed by atoms with Crippen LogP contribution in [0.2, 0.25) is 0 Å². The van der Waals surface area contributed by atoms with Crippen LogP contribution in [0.1, 0.15) is 41.6 Å². The Morgan fingerprint density at radius 1 is 1.12 bits per heavy atom. The lowest BCUT2D eigenvalue weighted by molar-refractivity contribution is 0.0855. The minimum atomic E-state index is 0.213. The second-order valence-corrected chi connectivity index (χ2v) is 5.22. The van der Waals surface area contributed by atoms with E-state index < -0.39 is 0 Å². The first-order chi connectivity index (χ1) is 8.36. The number of hydrogen-bond donors (Lipinski definition) is 1. The molecule has 0 saturated carbocycles. The van der Waals surface area contributed by atoms with E-state index >= 15 is 0 Å². The van der Waals surface area contributed by atoms with Gasteiger partial charge in [0.15, 0.2) is 5.78 Å². The van der Waals surface area contributed by atoms with Gasteiger partial charge in [0.2, 0.25) is 0 Å². The van der Waals surface area contributed by atoms with Gasteiger partial charge < -0.3 is 5.32 Å². The van der Waals surface area contributed by atoms with Gasteiger partial charge in [-0.3, -0.25) is 4.79 Å². The second kappa shape index (κ2) is 4.61. The van der Waals surface area contributed by atoms with E-state index in [0.717, 1.165) is 24.9 Å². The maximum Gasteiger partial charge on any atom is 0.167 e. The molecule has 2 nitrogen and oxygen atoms in total. The van der Waals surface area contributed by atoms with Crippen LogP contribution in [0.15, 0.2) is 24.3 Å². The number of Topliss-reactive ketones (excluding diaryl/α,β-unsaturated/α-hetero) is 1. The fourth-order valence-electron chi connectivity index (χ4n) is 3.23. The molecule has 0 radical (unpaired) electrons. The zero-order valence-corrected chi connectivity index (χ0v) is 10.1. The Hall–Kier alpha value is -1.15. The molecule has 0 aromatic heterocycles. The Morgan fingerprint density at radius 2 is 2.00 bits per heavy atom. The summed E-state index contributed by atoms with van der Waals surface area (Å²) in [7, 11) is 0. The SMILES string of the molecule is O=C1c2ccccc2CCC1C1CCCCN1. The Bertz CT molecular complexity index is 421. The van der Waals surface area contributed by atoms with Crippen molar-refractivity contribution in [3.63, 3.8) is 0 Å². The monoisotopic (exact) mass is 229 g/mol. The lowest BCUT2D eigenvalue weighted by Crippen LogP contribution is -2.44. The van der Waals surface area contributed by atoms with Gasteiger partial charge in [0.25, 0.3) is 0 Å². The van der Waals surface area contributed by atoms with Gasteiger partial charge in [-0.15, -0.1) is 0 Å². The molecule has 1 heterocycles. The summed E-state index contributed by atoms with van der Waals surface area (Å²) in [5.74, 6) is 0.580. The molecule has 1 fully saturated rings. The van der Waals surface area contributed by atoms with Crippen molar-refractivity contribution in [3.8, 4) is 0 Å². The summed E-state index contributed by atoms with van der Waals surface area (Å²) in [5, 5.41) is 3.53. The van der Waals surface area contributed by atoms with E-state index in [-0.39, 0.29) is 5.92 Å². The molecule has 2 aliphatic rings. The third-order valence-corrected chi connectivity index (χ3v) is 4.18. The van der Waals surface area contributed by atoms with Crippen LogP contribution in [0.4, 0.5) is 0 Å². The van der Waals surface area contributed by atoms with E-state index in [9.17, 15) is 4.79 Å². The highest BCUT2D eigenvalue weighted by Crippen LogP contribution is 2.30. The zero-order chi connectivity index (χ0) is 11.7. The number of rotatable bonds is 1. The molecule has 0 spiro atoms. The van der Waals surface area contributed by atoms with Crippen molar-refractivity contribution in [3.05, 3.63) is 35.4 Å². The zero-order valence-electron chi connectivity index (χ0n) is 10.1. The number of aryl methyl sites for hydroxylation is 1. The lowest BCUT2D eigenvalue weighted by Gasteiger charge is -2.33. The quantitative estimate of drug-likeness (QED) is 0.802. The third kappa shape index (κ3) is 2.02. The largest absolute Gasteiger partial charge is 0.313 e. The van der Waals surface area contributed by atoms with E-state index in [1.165, 1.54) is 24.8 Å². The molecule has 1 aliphatic carbocycles. The van der Waals surface area contributed by atoms with Crippen LogP contribution in [0.3, 0.4) is 0 Å². The Balaban J connectivity index is 1.83. The van der Waals surface area contributed by atoms with Crippen molar-refractivity contribution in [1.82, 2.24) is 5.32 Å². The standard InChI is InChI=1S/C15H19NO/c17-15-12-6-2-1-5-11(12)8-9-13(15)14-7-3-4-10-16-14/h1-2,5-6,13-14,16H,3-4,7-10H2. The summed E-state index contributed by atoms with van der Waals surface area (Å²) in [4.78, 5) is 12.5. The molecule has 0 amide bonds. The minimum Gasteiger partial charge on any atom is -0.313 e. The van der Waals surface area contributed by atoms with Gasteiger partial charge >= 0.3 is 0 Å². The van der Waals surface area contributed by atoms with Gasteiger partial charge in [-0.25, -0.2) is 0 Å². The molecule has 3 rings (SSSR count). The summed E-state index contributed by atoms with van der Waals surface area (Å²) in [6.45, 7) is 1.08. The van der Waals surface area contributed by atoms with E-state index in [0.29, 0.717) is 11.8 Å². The summed E-state index contributed by atoms with van der Waals surface area (Å²) >= 11 is 0. The first-order valence-electron chi connectivity index (χ1n) is 6.72. The van der Waals surface area contributed by atoms with Crippen LogP contribution in [0, 0.1) is 5.92 Å². The average Bonchev–Trinajstić information content (AvgIpc) is 2.40. The van der Waals surface area contributed by atoms with Crippen molar-refractivity contribution in [2.45, 2.75) is 38.1 Å². The van der Waals surface area contributed by atoms with Crippen LogP contribution in [-0.2, 0) is 6.42 Å². The van der Waals surface area contributed by atoms with Crippen LogP contribution in [-0.4, -0.2) is 18.4 Å². The molecule has 2 atom stereocenters. The molecule has 1 N–H and O–H groups in total.